The molecular formula is C14H20N4O2S. The van der Waals surface area contributed by atoms with Gasteiger partial charge in [-0.15, -0.1) is 0 Å². The summed E-state index contributed by atoms with van der Waals surface area (Å²) in [6.07, 6.45) is 3.53. The van der Waals surface area contributed by atoms with Crippen molar-refractivity contribution in [2.45, 2.75) is 30.7 Å². The summed E-state index contributed by atoms with van der Waals surface area (Å²) >= 11 is 0. The maximum absolute atomic E-state index is 12.6. The average Bonchev–Trinajstić information content (AvgIpc) is 2.94. The number of hydrogen-bond donors (Lipinski definition) is 0. The minimum atomic E-state index is -3.68. The van der Waals surface area contributed by atoms with Crippen LogP contribution in [0.1, 0.15) is 25.5 Å². The molecule has 0 bridgehead atoms. The molecular weight excluding hydrogens is 288 g/mol. The average molecular weight is 308 g/mol. The van der Waals surface area contributed by atoms with E-state index in [-0.39, 0.29) is 16.6 Å². The molecule has 1 aliphatic rings. The van der Waals surface area contributed by atoms with Crippen LogP contribution in [0.4, 0.5) is 0 Å². The third-order valence-corrected chi connectivity index (χ3v) is 5.79. The van der Waals surface area contributed by atoms with Gasteiger partial charge in [-0.1, -0.05) is 6.92 Å². The van der Waals surface area contributed by atoms with Crippen molar-refractivity contribution in [1.29, 1.82) is 5.26 Å². The molecule has 7 heteroatoms. The van der Waals surface area contributed by atoms with E-state index in [4.69, 9.17) is 5.26 Å². The predicted octanol–water partition coefficient (Wildman–Crippen LogP) is 1.06. The van der Waals surface area contributed by atoms with Crippen molar-refractivity contribution >= 4 is 10.0 Å². The molecule has 1 atom stereocenters. The fourth-order valence-corrected chi connectivity index (χ4v) is 4.06. The quantitative estimate of drug-likeness (QED) is 0.813. The van der Waals surface area contributed by atoms with Gasteiger partial charge in [0.15, 0.2) is 5.69 Å². The second kappa shape index (κ2) is 6.52. The van der Waals surface area contributed by atoms with E-state index in [2.05, 4.69) is 16.8 Å². The van der Waals surface area contributed by atoms with Gasteiger partial charge in [0.05, 0.1) is 0 Å². The van der Waals surface area contributed by atoms with Gasteiger partial charge in [0.1, 0.15) is 11.0 Å². The summed E-state index contributed by atoms with van der Waals surface area (Å²) in [5.41, 5.74) is -0.0527. The van der Waals surface area contributed by atoms with Gasteiger partial charge in [0.2, 0.25) is 10.0 Å². The van der Waals surface area contributed by atoms with E-state index in [1.807, 2.05) is 6.07 Å². The van der Waals surface area contributed by atoms with Gasteiger partial charge in [-0.2, -0.15) is 9.57 Å². The molecule has 0 amide bonds. The molecule has 0 N–H and O–H groups in total. The first-order valence-electron chi connectivity index (χ1n) is 7.06. The van der Waals surface area contributed by atoms with E-state index < -0.39 is 10.0 Å². The molecule has 2 heterocycles. The molecule has 1 aromatic heterocycles. The first-order chi connectivity index (χ1) is 10.0. The molecule has 1 fully saturated rings. The lowest BCUT2D eigenvalue weighted by molar-refractivity contribution is 0.237. The van der Waals surface area contributed by atoms with Gasteiger partial charge in [-0.25, -0.2) is 13.4 Å². The fourth-order valence-electron chi connectivity index (χ4n) is 2.76. The number of likely N-dealkylation sites (N-methyl/N-ethyl adjacent to an activating group) is 2. The lowest BCUT2D eigenvalue weighted by Crippen LogP contribution is -2.41. The molecule has 0 radical (unpaired) electrons. The van der Waals surface area contributed by atoms with Gasteiger partial charge < -0.3 is 0 Å². The summed E-state index contributed by atoms with van der Waals surface area (Å²) in [6.45, 7) is 4.47. The standard InChI is InChI=1S/C14H20N4O2S/c1-3-18-9-5-6-12(18)11-17(2)21(19,20)14-7-4-8-16-13(14)10-15/h4,7-8,12H,3,5-6,9,11H2,1-2H3. The van der Waals surface area contributed by atoms with Crippen LogP contribution in [0.3, 0.4) is 0 Å². The molecule has 0 spiro atoms. The lowest BCUT2D eigenvalue weighted by Gasteiger charge is -2.27. The van der Waals surface area contributed by atoms with E-state index in [0.29, 0.717) is 6.54 Å². The van der Waals surface area contributed by atoms with E-state index in [1.165, 1.54) is 22.6 Å². The highest BCUT2D eigenvalue weighted by atomic mass is 32.2. The Morgan fingerprint density at radius 1 is 1.57 bits per heavy atom. The molecule has 21 heavy (non-hydrogen) atoms. The van der Waals surface area contributed by atoms with Crippen LogP contribution in [0.2, 0.25) is 0 Å². The monoisotopic (exact) mass is 308 g/mol. The Bertz CT molecular complexity index is 639. The van der Waals surface area contributed by atoms with Crippen molar-refractivity contribution < 1.29 is 8.42 Å². The van der Waals surface area contributed by atoms with Gasteiger partial charge in [-0.3, -0.25) is 4.90 Å². The van der Waals surface area contributed by atoms with Gasteiger partial charge >= 0.3 is 0 Å². The summed E-state index contributed by atoms with van der Waals surface area (Å²) in [4.78, 5) is 6.11. The van der Waals surface area contributed by atoms with Crippen LogP contribution in [0, 0.1) is 11.3 Å². The number of sulfonamides is 1. The lowest BCUT2D eigenvalue weighted by atomic mass is 10.2. The second-order valence-corrected chi connectivity index (χ2v) is 7.19. The summed E-state index contributed by atoms with van der Waals surface area (Å²) in [5.74, 6) is 0. The number of likely N-dealkylation sites (tertiary alicyclic amines) is 1. The number of pyridine rings is 1. The highest BCUT2D eigenvalue weighted by molar-refractivity contribution is 7.89. The smallest absolute Gasteiger partial charge is 0.245 e. The van der Waals surface area contributed by atoms with Gasteiger partial charge in [-0.05, 0) is 38.1 Å². The number of nitrogens with zero attached hydrogens (tertiary/aromatic N) is 4. The Morgan fingerprint density at radius 3 is 3.00 bits per heavy atom. The Balaban J connectivity index is 2.21. The summed E-state index contributed by atoms with van der Waals surface area (Å²) in [7, 11) is -2.11. The molecule has 1 aromatic rings. The third-order valence-electron chi connectivity index (χ3n) is 3.94. The van der Waals surface area contributed by atoms with E-state index in [0.717, 1.165) is 25.9 Å². The maximum atomic E-state index is 12.6. The summed E-state index contributed by atoms with van der Waals surface area (Å²) in [6, 6.07) is 5.06. The van der Waals surface area contributed by atoms with Crippen molar-refractivity contribution in [1.82, 2.24) is 14.2 Å². The van der Waals surface area contributed by atoms with Crippen molar-refractivity contribution in [3.05, 3.63) is 24.0 Å². The zero-order valence-corrected chi connectivity index (χ0v) is 13.2. The van der Waals surface area contributed by atoms with Crippen LogP contribution in [0.5, 0.6) is 0 Å². The van der Waals surface area contributed by atoms with Gasteiger partial charge in [0.25, 0.3) is 0 Å². The molecule has 1 aliphatic heterocycles. The molecule has 1 unspecified atom stereocenters. The van der Waals surface area contributed by atoms with Gasteiger partial charge in [0, 0.05) is 25.8 Å². The zero-order chi connectivity index (χ0) is 15.5. The molecule has 1 saturated heterocycles. The minimum Gasteiger partial charge on any atom is -0.299 e. The highest BCUT2D eigenvalue weighted by Gasteiger charge is 2.30. The van der Waals surface area contributed by atoms with E-state index >= 15 is 0 Å². The van der Waals surface area contributed by atoms with Crippen molar-refractivity contribution in [2.24, 2.45) is 0 Å². The van der Waals surface area contributed by atoms with Crippen LogP contribution in [-0.2, 0) is 10.0 Å². The maximum Gasteiger partial charge on any atom is 0.245 e. The second-order valence-electron chi connectivity index (χ2n) is 5.17. The Morgan fingerprint density at radius 2 is 2.33 bits per heavy atom. The minimum absolute atomic E-state index is 0.0176. The van der Waals surface area contributed by atoms with E-state index in [9.17, 15) is 8.42 Å². The molecule has 0 aromatic carbocycles. The van der Waals surface area contributed by atoms with Crippen LogP contribution in [-0.4, -0.2) is 55.3 Å². The number of rotatable bonds is 5. The fraction of sp³-hybridized carbons (Fsp3) is 0.571. The largest absolute Gasteiger partial charge is 0.299 e. The van der Waals surface area contributed by atoms with Crippen molar-refractivity contribution in [3.8, 4) is 6.07 Å². The third kappa shape index (κ3) is 3.23. The molecule has 6 nitrogen and oxygen atoms in total. The van der Waals surface area contributed by atoms with Crippen LogP contribution in [0.25, 0.3) is 0 Å². The molecule has 0 saturated carbocycles. The van der Waals surface area contributed by atoms with Crippen LogP contribution < -0.4 is 0 Å². The molecule has 2 rings (SSSR count). The van der Waals surface area contributed by atoms with E-state index in [1.54, 1.807) is 7.05 Å². The Hall–Kier alpha value is -1.49. The predicted molar refractivity (Wildman–Crippen MR) is 79.0 cm³/mol. The normalized spacial score (nSPS) is 19.8. The first kappa shape index (κ1) is 15.9. The number of hydrogen-bond acceptors (Lipinski definition) is 5. The number of aromatic nitrogens is 1. The van der Waals surface area contributed by atoms with Crippen LogP contribution >= 0.6 is 0 Å². The number of nitriles is 1. The van der Waals surface area contributed by atoms with Crippen molar-refractivity contribution in [3.63, 3.8) is 0 Å². The Kier molecular flexibility index (Phi) is 4.93. The molecule has 114 valence electrons. The van der Waals surface area contributed by atoms with Crippen LogP contribution in [0.15, 0.2) is 23.2 Å². The highest BCUT2D eigenvalue weighted by Crippen LogP contribution is 2.21. The van der Waals surface area contributed by atoms with Crippen molar-refractivity contribution in [2.75, 3.05) is 26.7 Å². The molecule has 0 aliphatic carbocycles. The Labute approximate surface area is 126 Å². The zero-order valence-electron chi connectivity index (χ0n) is 12.4. The summed E-state index contributed by atoms with van der Waals surface area (Å²) in [5, 5.41) is 9.02. The SMILES string of the molecule is CCN1CCCC1CN(C)S(=O)(=O)c1cccnc1C#N. The summed E-state index contributed by atoms with van der Waals surface area (Å²) < 4.78 is 26.6. The first-order valence-corrected chi connectivity index (χ1v) is 8.50. The topological polar surface area (TPSA) is 77.3 Å².